The van der Waals surface area contributed by atoms with Gasteiger partial charge in [-0.1, -0.05) is 134 Å². The highest BCUT2D eigenvalue weighted by molar-refractivity contribution is 6.85. The molecule has 0 radical (unpaired) electrons. The summed E-state index contributed by atoms with van der Waals surface area (Å²) in [6, 6.07) is 35.7. The Morgan fingerprint density at radius 1 is 0.471 bits per heavy atom. The SMILES string of the molecule is C.C.CCCC[Si](C)(C)O[Si](C)(C)CCCc1ccccc1OC(=O)Oc1ccc(C2(c3ccc(OC(=O)Oc4ccccc4CCC[Si](C)(C)O[Si](C)(C)CCCC)cc3)CCCCC2)cc1.[HH]. The summed E-state index contributed by atoms with van der Waals surface area (Å²) in [4.78, 5) is 26.3. The Bertz CT molecular complexity index is 1990. The first-order chi connectivity index (χ1) is 31.3. The molecule has 0 unspecified atom stereocenters. The Morgan fingerprint density at radius 3 is 1.16 bits per heavy atom. The number of carbonyl (C=O) groups excluding carboxylic acids is 2. The highest BCUT2D eigenvalue weighted by Gasteiger charge is 2.37. The number of para-hydroxylation sites is 2. The molecular formula is C56H90O8Si4. The van der Waals surface area contributed by atoms with Crippen molar-refractivity contribution >= 4 is 45.6 Å². The number of rotatable bonds is 24. The van der Waals surface area contributed by atoms with E-state index in [9.17, 15) is 9.59 Å². The molecule has 0 heterocycles. The van der Waals surface area contributed by atoms with Crippen LogP contribution in [0.15, 0.2) is 97.1 Å². The third kappa shape index (κ3) is 18.5. The normalized spacial score (nSPS) is 14.0. The summed E-state index contributed by atoms with van der Waals surface area (Å²) in [5.74, 6) is 1.92. The zero-order valence-electron chi connectivity index (χ0n) is 42.0. The van der Waals surface area contributed by atoms with E-state index in [1.54, 1.807) is 0 Å². The van der Waals surface area contributed by atoms with E-state index in [1.807, 2.05) is 72.8 Å². The number of carbonyl (C=O) groups is 2. The van der Waals surface area contributed by atoms with Crippen LogP contribution in [0.5, 0.6) is 23.0 Å². The number of ether oxygens (including phenoxy) is 4. The Balaban J connectivity index is 0.00000544. The van der Waals surface area contributed by atoms with E-state index in [-0.39, 0.29) is 21.7 Å². The minimum atomic E-state index is -1.82. The quantitative estimate of drug-likeness (QED) is 0.0390. The van der Waals surface area contributed by atoms with Crippen molar-refractivity contribution in [2.24, 2.45) is 0 Å². The summed E-state index contributed by atoms with van der Waals surface area (Å²) in [7, 11) is -6.98. The number of hydrogen-bond donors (Lipinski definition) is 0. The second kappa shape index (κ2) is 27.0. The molecule has 5 rings (SSSR count). The van der Waals surface area contributed by atoms with Crippen molar-refractivity contribution in [3.63, 3.8) is 0 Å². The van der Waals surface area contributed by atoms with E-state index in [2.05, 4.69) is 90.5 Å². The smallest absolute Gasteiger partial charge is 0.455 e. The first-order valence-electron chi connectivity index (χ1n) is 24.9. The first-order valence-corrected chi connectivity index (χ1v) is 37.4. The van der Waals surface area contributed by atoms with Gasteiger partial charge in [0.1, 0.15) is 23.0 Å². The molecule has 4 aromatic rings. The molecule has 0 aliphatic heterocycles. The molecule has 0 aromatic heterocycles. The van der Waals surface area contributed by atoms with Crippen molar-refractivity contribution in [3.8, 4) is 23.0 Å². The van der Waals surface area contributed by atoms with Gasteiger partial charge >= 0.3 is 12.3 Å². The zero-order valence-corrected chi connectivity index (χ0v) is 46.0. The maximum atomic E-state index is 13.1. The molecule has 0 atom stereocenters. The third-order valence-electron chi connectivity index (χ3n) is 13.1. The van der Waals surface area contributed by atoms with Gasteiger partial charge in [0.15, 0.2) is 33.3 Å². The van der Waals surface area contributed by atoms with Crippen LogP contribution in [-0.4, -0.2) is 45.6 Å². The lowest BCUT2D eigenvalue weighted by atomic mass is 9.65. The van der Waals surface area contributed by atoms with Crippen molar-refractivity contribution < 1.29 is 38.2 Å². The van der Waals surface area contributed by atoms with Crippen molar-refractivity contribution in [1.82, 2.24) is 0 Å². The summed E-state index contributed by atoms with van der Waals surface area (Å²) in [5.41, 5.74) is 4.08. The number of aryl methyl sites for hydroxylation is 2. The van der Waals surface area contributed by atoms with E-state index in [4.69, 9.17) is 27.2 Å². The molecule has 378 valence electrons. The van der Waals surface area contributed by atoms with Gasteiger partial charge in [0.05, 0.1) is 0 Å². The zero-order chi connectivity index (χ0) is 47.9. The average Bonchev–Trinajstić information content (AvgIpc) is 3.26. The lowest BCUT2D eigenvalue weighted by Gasteiger charge is -2.38. The number of unbranched alkanes of at least 4 members (excludes halogenated alkanes) is 2. The minimum Gasteiger partial charge on any atom is -0.455 e. The van der Waals surface area contributed by atoms with E-state index in [0.717, 1.165) is 85.7 Å². The molecule has 0 spiro atoms. The van der Waals surface area contributed by atoms with E-state index < -0.39 is 45.6 Å². The molecule has 1 saturated carbocycles. The Morgan fingerprint density at radius 2 is 0.809 bits per heavy atom. The highest BCUT2D eigenvalue weighted by Crippen LogP contribution is 2.46. The first kappa shape index (κ1) is 58.5. The summed E-state index contributed by atoms with van der Waals surface area (Å²) in [6.07, 6.45) is 12.3. The fourth-order valence-corrected chi connectivity index (χ4v) is 28.0. The van der Waals surface area contributed by atoms with Crippen LogP contribution in [0.3, 0.4) is 0 Å². The van der Waals surface area contributed by atoms with Crippen molar-refractivity contribution in [3.05, 3.63) is 119 Å². The van der Waals surface area contributed by atoms with Crippen LogP contribution in [-0.2, 0) is 26.5 Å². The van der Waals surface area contributed by atoms with Crippen LogP contribution in [0.2, 0.25) is 76.6 Å². The molecule has 0 N–H and O–H groups in total. The second-order valence-corrected chi connectivity index (χ2v) is 38.7. The fourth-order valence-electron chi connectivity index (χ4n) is 9.93. The van der Waals surface area contributed by atoms with Gasteiger partial charge in [-0.25, -0.2) is 9.59 Å². The standard InChI is InChI=1S/C54H80O8Si4.2CH4.H2/c1-11-13-40-63(3,4)61-65(7,8)42-22-26-44-24-16-18-28-50(44)59-52(55)57-48-34-30-46(31-35-48)54(38-20-15-21-39-54)47-32-36-49(37-33-47)58-53(56)60-51-29-19-17-25-45(51)27-23-43-66(9,10)62-64(5,6)41-14-12-2;;;/h16-19,24-25,28-37H,11-15,20-23,26-27,38-43H2,1-10H3;2*1H4;1H. The van der Waals surface area contributed by atoms with Crippen LogP contribution in [0.25, 0.3) is 0 Å². The van der Waals surface area contributed by atoms with Crippen LogP contribution < -0.4 is 18.9 Å². The van der Waals surface area contributed by atoms with Gasteiger partial charge in [-0.05, 0) is 174 Å². The number of benzene rings is 4. The topological polar surface area (TPSA) is 89.5 Å². The molecule has 0 saturated heterocycles. The van der Waals surface area contributed by atoms with Crippen molar-refractivity contribution in [2.45, 2.75) is 194 Å². The minimum absolute atomic E-state index is 0. The molecule has 12 heteroatoms. The molecular weight excluding hydrogens is 913 g/mol. The van der Waals surface area contributed by atoms with Gasteiger partial charge in [0.2, 0.25) is 0 Å². The summed E-state index contributed by atoms with van der Waals surface area (Å²) in [6.45, 7) is 23.2. The third-order valence-corrected chi connectivity index (χ3v) is 28.1. The van der Waals surface area contributed by atoms with Crippen molar-refractivity contribution in [1.29, 1.82) is 0 Å². The highest BCUT2D eigenvalue weighted by atomic mass is 28.4. The maximum absolute atomic E-state index is 13.1. The van der Waals surface area contributed by atoms with Gasteiger partial charge < -0.3 is 27.2 Å². The Kier molecular flexibility index (Phi) is 23.2. The van der Waals surface area contributed by atoms with Crippen molar-refractivity contribution in [2.75, 3.05) is 0 Å². The fraction of sp³-hybridized carbons (Fsp3) is 0.536. The second-order valence-electron chi connectivity index (χ2n) is 21.0. The largest absolute Gasteiger partial charge is 0.519 e. The summed E-state index contributed by atoms with van der Waals surface area (Å²) < 4.78 is 36.7. The number of hydrogen-bond acceptors (Lipinski definition) is 8. The predicted octanol–water partition coefficient (Wildman–Crippen LogP) is 17.9. The molecule has 4 aromatic carbocycles. The van der Waals surface area contributed by atoms with E-state index in [1.165, 1.54) is 44.2 Å². The van der Waals surface area contributed by atoms with Crippen LogP contribution >= 0.6 is 0 Å². The summed E-state index contributed by atoms with van der Waals surface area (Å²) in [5, 5.41) is 0. The molecule has 1 aliphatic carbocycles. The molecule has 8 nitrogen and oxygen atoms in total. The Hall–Kier alpha value is -3.79. The molecule has 68 heavy (non-hydrogen) atoms. The van der Waals surface area contributed by atoms with E-state index >= 15 is 0 Å². The maximum Gasteiger partial charge on any atom is 0.519 e. The van der Waals surface area contributed by atoms with Gasteiger partial charge in [-0.3, -0.25) is 0 Å². The predicted molar refractivity (Wildman–Crippen MR) is 296 cm³/mol. The van der Waals surface area contributed by atoms with Gasteiger partial charge in [-0.15, -0.1) is 0 Å². The lowest BCUT2D eigenvalue weighted by molar-refractivity contribution is 0.150. The monoisotopic (exact) mass is 1000 g/mol. The van der Waals surface area contributed by atoms with Crippen LogP contribution in [0.4, 0.5) is 9.59 Å². The van der Waals surface area contributed by atoms with E-state index in [0.29, 0.717) is 23.0 Å². The average molecular weight is 1000 g/mol. The molecule has 1 aliphatic rings. The van der Waals surface area contributed by atoms with Crippen LogP contribution in [0, 0.1) is 0 Å². The van der Waals surface area contributed by atoms with Gasteiger partial charge in [0.25, 0.3) is 0 Å². The van der Waals surface area contributed by atoms with Crippen LogP contribution in [0.1, 0.15) is 123 Å². The molecule has 1 fully saturated rings. The molecule has 0 amide bonds. The summed E-state index contributed by atoms with van der Waals surface area (Å²) >= 11 is 0. The van der Waals surface area contributed by atoms with Gasteiger partial charge in [0, 0.05) is 6.84 Å². The molecule has 0 bridgehead atoms. The van der Waals surface area contributed by atoms with Gasteiger partial charge in [-0.2, -0.15) is 0 Å². The Labute approximate surface area is 418 Å². The lowest BCUT2D eigenvalue weighted by Crippen LogP contribution is -2.44.